The smallest absolute Gasteiger partial charge is 0.409 e. The van der Waals surface area contributed by atoms with E-state index in [0.29, 0.717) is 59.2 Å². The molecule has 1 fully saturated rings. The Morgan fingerprint density at radius 1 is 1.17 bits per heavy atom. The number of urea groups is 1. The summed E-state index contributed by atoms with van der Waals surface area (Å²) in [5.74, 6) is -0.170. The van der Waals surface area contributed by atoms with Crippen LogP contribution >= 0.6 is 22.9 Å². The Labute approximate surface area is 183 Å². The van der Waals surface area contributed by atoms with Gasteiger partial charge in [0.25, 0.3) is 5.91 Å². The minimum Gasteiger partial charge on any atom is -0.450 e. The fraction of sp³-hybridized carbons (Fsp3) is 0.368. The monoisotopic (exact) mass is 451 g/mol. The van der Waals surface area contributed by atoms with E-state index < -0.39 is 6.03 Å². The van der Waals surface area contributed by atoms with E-state index in [4.69, 9.17) is 16.3 Å². The van der Waals surface area contributed by atoms with E-state index in [-0.39, 0.29) is 12.0 Å². The van der Waals surface area contributed by atoms with Gasteiger partial charge in [-0.3, -0.25) is 10.1 Å². The lowest BCUT2D eigenvalue weighted by Gasteiger charge is -2.33. The van der Waals surface area contributed by atoms with Crippen LogP contribution in [0.1, 0.15) is 22.3 Å². The van der Waals surface area contributed by atoms with E-state index in [2.05, 4.69) is 15.6 Å². The highest BCUT2D eigenvalue weighted by Crippen LogP contribution is 2.25. The van der Waals surface area contributed by atoms with Gasteiger partial charge in [-0.15, -0.1) is 0 Å². The molecule has 2 N–H and O–H groups in total. The number of carbonyl (C=O) groups excluding carboxylic acids is 3. The molecule has 1 saturated heterocycles. The summed E-state index contributed by atoms with van der Waals surface area (Å²) >= 11 is 7.02. The number of nitrogens with one attached hydrogen (secondary N) is 2. The lowest BCUT2D eigenvalue weighted by molar-refractivity contribution is 0.0573. The first kappa shape index (κ1) is 21.8. The predicted octanol–water partition coefficient (Wildman–Crippen LogP) is 3.66. The second-order valence-corrected chi connectivity index (χ2v) is 7.94. The molecule has 1 aromatic carbocycles. The molecule has 2 heterocycles. The number of benzene rings is 1. The second-order valence-electron chi connectivity index (χ2n) is 6.50. The minimum atomic E-state index is -0.479. The van der Waals surface area contributed by atoms with Gasteiger partial charge in [-0.2, -0.15) is 0 Å². The van der Waals surface area contributed by atoms with Gasteiger partial charge in [0.15, 0.2) is 5.13 Å². The number of anilines is 2. The van der Waals surface area contributed by atoms with Gasteiger partial charge in [-0.05, 0) is 32.0 Å². The molecule has 160 valence electrons. The standard InChI is InChI=1S/C19H22ClN5O4S/c1-3-29-19(28)25-9-7-24(8-10-25)16(26)15-12(2)21-18(30-15)23-17(27)22-14-6-4-5-13(20)11-14/h4-6,11H,3,7-10H2,1-2H3,(H2,21,22,23,27). The lowest BCUT2D eigenvalue weighted by atomic mass is 10.3. The summed E-state index contributed by atoms with van der Waals surface area (Å²) in [6, 6.07) is 6.29. The van der Waals surface area contributed by atoms with Crippen molar-refractivity contribution in [3.8, 4) is 0 Å². The van der Waals surface area contributed by atoms with Crippen molar-refractivity contribution in [2.24, 2.45) is 0 Å². The molecule has 0 aliphatic carbocycles. The molecule has 30 heavy (non-hydrogen) atoms. The summed E-state index contributed by atoms with van der Waals surface area (Å²) in [4.78, 5) is 44.9. The Bertz CT molecular complexity index is 943. The Morgan fingerprint density at radius 3 is 2.53 bits per heavy atom. The molecule has 2 aromatic rings. The molecule has 0 bridgehead atoms. The molecule has 9 nitrogen and oxygen atoms in total. The number of piperazine rings is 1. The maximum atomic E-state index is 12.9. The third-order valence-corrected chi connectivity index (χ3v) is 5.68. The van der Waals surface area contributed by atoms with E-state index in [1.54, 1.807) is 47.9 Å². The number of nitrogens with zero attached hydrogens (tertiary/aromatic N) is 3. The molecular weight excluding hydrogens is 430 g/mol. The van der Waals surface area contributed by atoms with E-state index in [0.717, 1.165) is 11.3 Å². The van der Waals surface area contributed by atoms with E-state index in [9.17, 15) is 14.4 Å². The number of carbonyl (C=O) groups is 3. The van der Waals surface area contributed by atoms with Crippen molar-refractivity contribution in [2.75, 3.05) is 43.4 Å². The normalized spacial score (nSPS) is 13.7. The van der Waals surface area contributed by atoms with Crippen LogP contribution in [-0.2, 0) is 4.74 Å². The van der Waals surface area contributed by atoms with Crippen LogP contribution in [0.5, 0.6) is 0 Å². The van der Waals surface area contributed by atoms with Gasteiger partial charge >= 0.3 is 12.1 Å². The second kappa shape index (κ2) is 9.77. The third-order valence-electron chi connectivity index (χ3n) is 4.39. The molecule has 0 spiro atoms. The molecule has 0 unspecified atom stereocenters. The van der Waals surface area contributed by atoms with Crippen LogP contribution in [-0.4, -0.2) is 65.6 Å². The van der Waals surface area contributed by atoms with E-state index >= 15 is 0 Å². The molecule has 4 amide bonds. The molecule has 1 aromatic heterocycles. The van der Waals surface area contributed by atoms with Gasteiger partial charge in [-0.25, -0.2) is 14.6 Å². The van der Waals surface area contributed by atoms with Crippen molar-refractivity contribution in [1.82, 2.24) is 14.8 Å². The Hall–Kier alpha value is -2.85. The number of hydrogen-bond donors (Lipinski definition) is 2. The van der Waals surface area contributed by atoms with Gasteiger partial charge in [-0.1, -0.05) is 29.0 Å². The number of aromatic nitrogens is 1. The maximum absolute atomic E-state index is 12.9. The molecular formula is C19H22ClN5O4S. The SMILES string of the molecule is CCOC(=O)N1CCN(C(=O)c2sc(NC(=O)Nc3cccc(Cl)c3)nc2C)CC1. The lowest BCUT2D eigenvalue weighted by Crippen LogP contribution is -2.50. The summed E-state index contributed by atoms with van der Waals surface area (Å²) in [5, 5.41) is 6.13. The Kier molecular flexibility index (Phi) is 7.11. The molecule has 3 rings (SSSR count). The quantitative estimate of drug-likeness (QED) is 0.738. The number of hydrogen-bond acceptors (Lipinski definition) is 6. The van der Waals surface area contributed by atoms with Gasteiger partial charge in [0.05, 0.1) is 12.3 Å². The fourth-order valence-corrected chi connectivity index (χ4v) is 4.04. The zero-order chi connectivity index (χ0) is 21.7. The van der Waals surface area contributed by atoms with Crippen LogP contribution in [0.25, 0.3) is 0 Å². The topological polar surface area (TPSA) is 104 Å². The van der Waals surface area contributed by atoms with Crippen molar-refractivity contribution < 1.29 is 19.1 Å². The number of ether oxygens (including phenoxy) is 1. The maximum Gasteiger partial charge on any atom is 0.409 e. The van der Waals surface area contributed by atoms with Crippen LogP contribution in [0.3, 0.4) is 0 Å². The summed E-state index contributed by atoms with van der Waals surface area (Å²) in [5.41, 5.74) is 1.08. The summed E-state index contributed by atoms with van der Waals surface area (Å²) in [6.45, 7) is 5.44. The number of halogens is 1. The zero-order valence-electron chi connectivity index (χ0n) is 16.6. The molecule has 1 aliphatic heterocycles. The molecule has 0 saturated carbocycles. The van der Waals surface area contributed by atoms with Crippen LogP contribution in [0.4, 0.5) is 20.4 Å². The minimum absolute atomic E-state index is 0.170. The Balaban J connectivity index is 1.58. The summed E-state index contributed by atoms with van der Waals surface area (Å²) in [6.07, 6.45) is -0.365. The first-order valence-corrected chi connectivity index (χ1v) is 10.6. The zero-order valence-corrected chi connectivity index (χ0v) is 18.2. The largest absolute Gasteiger partial charge is 0.450 e. The summed E-state index contributed by atoms with van der Waals surface area (Å²) in [7, 11) is 0. The number of rotatable bonds is 4. The van der Waals surface area contributed by atoms with Crippen molar-refractivity contribution in [3.63, 3.8) is 0 Å². The molecule has 0 radical (unpaired) electrons. The van der Waals surface area contributed by atoms with Gasteiger partial charge in [0, 0.05) is 36.9 Å². The van der Waals surface area contributed by atoms with Crippen LogP contribution in [0, 0.1) is 6.92 Å². The third kappa shape index (κ3) is 5.39. The number of aryl methyl sites for hydroxylation is 1. The Morgan fingerprint density at radius 2 is 1.87 bits per heavy atom. The highest BCUT2D eigenvalue weighted by molar-refractivity contribution is 7.17. The average molecular weight is 452 g/mol. The molecule has 11 heteroatoms. The van der Waals surface area contributed by atoms with Gasteiger partial charge in [0.2, 0.25) is 0 Å². The first-order chi connectivity index (χ1) is 14.4. The summed E-state index contributed by atoms with van der Waals surface area (Å²) < 4.78 is 4.99. The molecule has 0 atom stereocenters. The van der Waals surface area contributed by atoms with E-state index in [1.807, 2.05) is 0 Å². The highest BCUT2D eigenvalue weighted by atomic mass is 35.5. The molecule has 1 aliphatic rings. The fourth-order valence-electron chi connectivity index (χ4n) is 2.92. The van der Waals surface area contributed by atoms with Crippen LogP contribution in [0.2, 0.25) is 5.02 Å². The van der Waals surface area contributed by atoms with Crippen molar-refractivity contribution in [3.05, 3.63) is 39.9 Å². The van der Waals surface area contributed by atoms with Gasteiger partial charge < -0.3 is 19.9 Å². The van der Waals surface area contributed by atoms with Crippen molar-refractivity contribution >= 4 is 51.8 Å². The van der Waals surface area contributed by atoms with Crippen molar-refractivity contribution in [1.29, 1.82) is 0 Å². The van der Waals surface area contributed by atoms with Crippen LogP contribution in [0.15, 0.2) is 24.3 Å². The first-order valence-electron chi connectivity index (χ1n) is 9.39. The van der Waals surface area contributed by atoms with Gasteiger partial charge in [0.1, 0.15) is 4.88 Å². The van der Waals surface area contributed by atoms with Crippen molar-refractivity contribution in [2.45, 2.75) is 13.8 Å². The van der Waals surface area contributed by atoms with E-state index in [1.165, 1.54) is 0 Å². The predicted molar refractivity (Wildman–Crippen MR) is 115 cm³/mol. The van der Waals surface area contributed by atoms with Crippen LogP contribution < -0.4 is 10.6 Å². The highest BCUT2D eigenvalue weighted by Gasteiger charge is 2.28. The number of thiazole rings is 1. The average Bonchev–Trinajstić information content (AvgIpc) is 3.07. The number of amides is 4.